The van der Waals surface area contributed by atoms with Crippen LogP contribution in [0.25, 0.3) is 0 Å². The number of piperazine rings is 1. The highest BCUT2D eigenvalue weighted by atomic mass is 19.1. The molecular formula is C14H19FN4O2. The molecule has 6 nitrogen and oxygen atoms in total. The molecule has 1 fully saturated rings. The molecule has 1 aromatic rings. The third-order valence-electron chi connectivity index (χ3n) is 3.71. The van der Waals surface area contributed by atoms with E-state index < -0.39 is 5.92 Å². The summed E-state index contributed by atoms with van der Waals surface area (Å²) < 4.78 is 13.7. The molecule has 7 heteroatoms. The van der Waals surface area contributed by atoms with Gasteiger partial charge in [0, 0.05) is 26.2 Å². The van der Waals surface area contributed by atoms with Crippen molar-refractivity contribution >= 4 is 17.4 Å². The Kier molecular flexibility index (Phi) is 4.62. The number of hydrogen-bond donors (Lipinski definition) is 2. The van der Waals surface area contributed by atoms with Gasteiger partial charge < -0.3 is 20.7 Å². The topological polar surface area (TPSA) is 82.2 Å². The second-order valence-electron chi connectivity index (χ2n) is 5.01. The lowest BCUT2D eigenvalue weighted by Crippen LogP contribution is -2.51. The van der Waals surface area contributed by atoms with Crippen molar-refractivity contribution in [1.29, 1.82) is 0 Å². The van der Waals surface area contributed by atoms with Crippen molar-refractivity contribution in [1.82, 2.24) is 4.90 Å². The average molecular weight is 294 g/mol. The van der Waals surface area contributed by atoms with Crippen LogP contribution in [0.1, 0.15) is 6.92 Å². The number of nitrogens with two attached hydrogens (primary N) is 1. The number of carbonyl (C=O) groups is 1. The van der Waals surface area contributed by atoms with Gasteiger partial charge in [0.15, 0.2) is 5.84 Å². The molecule has 1 atom stereocenters. The van der Waals surface area contributed by atoms with Gasteiger partial charge in [0.2, 0.25) is 5.91 Å². The number of oxime groups is 1. The van der Waals surface area contributed by atoms with E-state index in [0.29, 0.717) is 31.9 Å². The van der Waals surface area contributed by atoms with Crippen LogP contribution in [0.15, 0.2) is 29.4 Å². The molecular weight excluding hydrogens is 275 g/mol. The van der Waals surface area contributed by atoms with Crippen molar-refractivity contribution in [2.45, 2.75) is 6.92 Å². The summed E-state index contributed by atoms with van der Waals surface area (Å²) in [4.78, 5) is 15.7. The molecule has 114 valence electrons. The average Bonchev–Trinajstić information content (AvgIpc) is 2.53. The van der Waals surface area contributed by atoms with Crippen LogP contribution in [-0.2, 0) is 4.79 Å². The first-order valence-corrected chi connectivity index (χ1v) is 6.80. The zero-order valence-corrected chi connectivity index (χ0v) is 11.9. The van der Waals surface area contributed by atoms with E-state index in [1.165, 1.54) is 6.07 Å². The number of rotatable bonds is 3. The van der Waals surface area contributed by atoms with E-state index in [1.807, 2.05) is 4.90 Å². The first kappa shape index (κ1) is 15.1. The smallest absolute Gasteiger partial charge is 0.233 e. The molecule has 3 N–H and O–H groups in total. The predicted molar refractivity (Wildman–Crippen MR) is 77.8 cm³/mol. The summed E-state index contributed by atoms with van der Waals surface area (Å²) in [5, 5.41) is 11.5. The van der Waals surface area contributed by atoms with E-state index >= 15 is 0 Å². The summed E-state index contributed by atoms with van der Waals surface area (Å²) in [6.45, 7) is 3.66. The van der Waals surface area contributed by atoms with Crippen LogP contribution in [0, 0.1) is 11.7 Å². The van der Waals surface area contributed by atoms with Gasteiger partial charge in [-0.15, -0.1) is 0 Å². The SMILES string of the molecule is CC(C(=O)N1CCN(c2ccccc2F)CC1)C(N)=NO. The van der Waals surface area contributed by atoms with Crippen LogP contribution in [0.3, 0.4) is 0 Å². The van der Waals surface area contributed by atoms with E-state index in [9.17, 15) is 9.18 Å². The van der Waals surface area contributed by atoms with E-state index in [2.05, 4.69) is 5.16 Å². The minimum Gasteiger partial charge on any atom is -0.409 e. The molecule has 2 rings (SSSR count). The second kappa shape index (κ2) is 6.43. The number of anilines is 1. The molecule has 0 aromatic heterocycles. The molecule has 1 aromatic carbocycles. The fourth-order valence-corrected chi connectivity index (χ4v) is 2.36. The molecule has 1 aliphatic rings. The molecule has 0 bridgehead atoms. The molecule has 1 unspecified atom stereocenters. The summed E-state index contributed by atoms with van der Waals surface area (Å²) in [6, 6.07) is 6.59. The lowest BCUT2D eigenvalue weighted by molar-refractivity contribution is -0.133. The largest absolute Gasteiger partial charge is 0.409 e. The molecule has 0 aliphatic carbocycles. The van der Waals surface area contributed by atoms with E-state index in [-0.39, 0.29) is 17.6 Å². The van der Waals surface area contributed by atoms with Gasteiger partial charge in [-0.3, -0.25) is 4.79 Å². The minimum atomic E-state index is -0.657. The summed E-state index contributed by atoms with van der Waals surface area (Å²) in [5.74, 6) is -1.20. The zero-order chi connectivity index (χ0) is 15.4. The Balaban J connectivity index is 1.98. The lowest BCUT2D eigenvalue weighted by Gasteiger charge is -2.37. The van der Waals surface area contributed by atoms with Gasteiger partial charge in [-0.2, -0.15) is 0 Å². The fourth-order valence-electron chi connectivity index (χ4n) is 2.36. The van der Waals surface area contributed by atoms with Gasteiger partial charge in [0.05, 0.1) is 11.6 Å². The van der Waals surface area contributed by atoms with Crippen molar-refractivity contribution in [2.75, 3.05) is 31.1 Å². The van der Waals surface area contributed by atoms with Gasteiger partial charge in [-0.1, -0.05) is 17.3 Å². The van der Waals surface area contributed by atoms with Gasteiger partial charge in [-0.05, 0) is 19.1 Å². The Bertz CT molecular complexity index is 542. The normalized spacial score (nSPS) is 17.7. The summed E-state index contributed by atoms with van der Waals surface area (Å²) in [5.41, 5.74) is 6.00. The van der Waals surface area contributed by atoms with E-state index in [0.717, 1.165) is 0 Å². The summed E-state index contributed by atoms with van der Waals surface area (Å²) >= 11 is 0. The van der Waals surface area contributed by atoms with Crippen LogP contribution in [0.4, 0.5) is 10.1 Å². The Morgan fingerprint density at radius 1 is 1.33 bits per heavy atom. The van der Waals surface area contributed by atoms with Crippen molar-refractivity contribution in [3.63, 3.8) is 0 Å². The molecule has 1 heterocycles. The zero-order valence-electron chi connectivity index (χ0n) is 11.9. The van der Waals surface area contributed by atoms with Crippen LogP contribution < -0.4 is 10.6 Å². The van der Waals surface area contributed by atoms with Crippen molar-refractivity contribution in [3.8, 4) is 0 Å². The number of carbonyl (C=O) groups excluding carboxylic acids is 1. The van der Waals surface area contributed by atoms with Crippen LogP contribution >= 0.6 is 0 Å². The quantitative estimate of drug-likeness (QED) is 0.375. The van der Waals surface area contributed by atoms with E-state index in [1.54, 1.807) is 30.0 Å². The fraction of sp³-hybridized carbons (Fsp3) is 0.429. The highest BCUT2D eigenvalue weighted by Gasteiger charge is 2.27. The molecule has 1 amide bonds. The number of nitrogens with zero attached hydrogens (tertiary/aromatic N) is 3. The lowest BCUT2D eigenvalue weighted by atomic mass is 10.1. The highest BCUT2D eigenvalue weighted by molar-refractivity contribution is 6.01. The highest BCUT2D eigenvalue weighted by Crippen LogP contribution is 2.20. The Hall–Kier alpha value is -2.31. The second-order valence-corrected chi connectivity index (χ2v) is 5.01. The number of amides is 1. The van der Waals surface area contributed by atoms with Gasteiger partial charge in [0.25, 0.3) is 0 Å². The maximum absolute atomic E-state index is 13.7. The minimum absolute atomic E-state index is 0.100. The first-order valence-electron chi connectivity index (χ1n) is 6.80. The molecule has 21 heavy (non-hydrogen) atoms. The Morgan fingerprint density at radius 3 is 2.52 bits per heavy atom. The third kappa shape index (κ3) is 3.24. The maximum atomic E-state index is 13.7. The molecule has 0 saturated carbocycles. The molecule has 1 aliphatic heterocycles. The van der Waals surface area contributed by atoms with Gasteiger partial charge in [-0.25, -0.2) is 4.39 Å². The molecule has 0 spiro atoms. The van der Waals surface area contributed by atoms with Crippen molar-refractivity contribution in [3.05, 3.63) is 30.1 Å². The van der Waals surface area contributed by atoms with Crippen LogP contribution in [0.2, 0.25) is 0 Å². The number of para-hydroxylation sites is 1. The molecule has 1 saturated heterocycles. The number of halogens is 1. The maximum Gasteiger partial charge on any atom is 0.233 e. The van der Waals surface area contributed by atoms with E-state index in [4.69, 9.17) is 10.9 Å². The van der Waals surface area contributed by atoms with Crippen molar-refractivity contribution < 1.29 is 14.4 Å². The number of benzene rings is 1. The third-order valence-corrected chi connectivity index (χ3v) is 3.71. The van der Waals surface area contributed by atoms with Gasteiger partial charge in [0.1, 0.15) is 5.82 Å². The Labute approximate surface area is 122 Å². The van der Waals surface area contributed by atoms with Gasteiger partial charge >= 0.3 is 0 Å². The predicted octanol–water partition coefficient (Wildman–Crippen LogP) is 0.857. The first-order chi connectivity index (χ1) is 10.0. The number of hydrogen-bond acceptors (Lipinski definition) is 4. The summed E-state index contributed by atoms with van der Waals surface area (Å²) in [7, 11) is 0. The Morgan fingerprint density at radius 2 is 1.95 bits per heavy atom. The monoisotopic (exact) mass is 294 g/mol. The molecule has 0 radical (unpaired) electrons. The number of amidine groups is 1. The standard InChI is InChI=1S/C14H19FN4O2/c1-10(13(16)17-21)14(20)19-8-6-18(7-9-19)12-5-3-2-4-11(12)15/h2-5,10,21H,6-9H2,1H3,(H2,16,17). The summed E-state index contributed by atoms with van der Waals surface area (Å²) in [6.07, 6.45) is 0. The van der Waals surface area contributed by atoms with Crippen LogP contribution in [0.5, 0.6) is 0 Å². The van der Waals surface area contributed by atoms with Crippen LogP contribution in [-0.4, -0.2) is 48.0 Å². The van der Waals surface area contributed by atoms with Crippen molar-refractivity contribution in [2.24, 2.45) is 16.8 Å².